The van der Waals surface area contributed by atoms with E-state index < -0.39 is 11.6 Å². The Morgan fingerprint density at radius 1 is 1.21 bits per heavy atom. The van der Waals surface area contributed by atoms with Crippen LogP contribution in [0, 0.1) is 11.6 Å². The number of likely N-dealkylation sites (tertiary alicyclic amines) is 1. The Morgan fingerprint density at radius 2 is 2.00 bits per heavy atom. The van der Waals surface area contributed by atoms with Crippen LogP contribution in [0.2, 0.25) is 0 Å². The van der Waals surface area contributed by atoms with Crippen LogP contribution in [0.1, 0.15) is 26.2 Å². The summed E-state index contributed by atoms with van der Waals surface area (Å²) in [4.78, 5) is 6.98. The highest BCUT2D eigenvalue weighted by atomic mass is 19.2. The zero-order valence-electron chi connectivity index (χ0n) is 16.8. The molecule has 0 spiro atoms. The van der Waals surface area contributed by atoms with E-state index in [1.165, 1.54) is 6.07 Å². The highest BCUT2D eigenvalue weighted by molar-refractivity contribution is 5.80. The molecule has 28 heavy (non-hydrogen) atoms. The van der Waals surface area contributed by atoms with Crippen molar-refractivity contribution >= 4 is 5.96 Å². The number of aliphatic imine (C=N–C) groups is 1. The molecule has 8 heteroatoms. The second-order valence-electron chi connectivity index (χ2n) is 6.79. The van der Waals surface area contributed by atoms with E-state index in [1.54, 1.807) is 7.11 Å². The van der Waals surface area contributed by atoms with Crippen LogP contribution >= 0.6 is 0 Å². The smallest absolute Gasteiger partial charge is 0.191 e. The van der Waals surface area contributed by atoms with E-state index in [4.69, 9.17) is 9.47 Å². The lowest BCUT2D eigenvalue weighted by Gasteiger charge is -2.33. The van der Waals surface area contributed by atoms with Gasteiger partial charge in [0.1, 0.15) is 12.4 Å². The van der Waals surface area contributed by atoms with Crippen LogP contribution in [0.4, 0.5) is 8.78 Å². The molecule has 0 amide bonds. The Morgan fingerprint density at radius 3 is 2.68 bits per heavy atom. The Bertz CT molecular complexity index is 608. The van der Waals surface area contributed by atoms with Gasteiger partial charge in [0.2, 0.25) is 0 Å². The second-order valence-corrected chi connectivity index (χ2v) is 6.79. The summed E-state index contributed by atoms with van der Waals surface area (Å²) in [6.07, 6.45) is 3.21. The number of rotatable bonds is 10. The summed E-state index contributed by atoms with van der Waals surface area (Å²) < 4.78 is 36.7. The summed E-state index contributed by atoms with van der Waals surface area (Å²) in [5.74, 6) is -0.736. The molecule has 6 nitrogen and oxygen atoms in total. The number of methoxy groups -OCH3 is 1. The standard InChI is InChI=1S/C20H32F2N4O2/c1-3-23-20(24-9-14-28-17-5-6-18(21)19(22)15-17)25-16-7-11-26(12-8-16)10-4-13-27-2/h5-6,15-16H,3-4,7-14H2,1-2H3,(H2,23,24,25). The topological polar surface area (TPSA) is 58.1 Å². The highest BCUT2D eigenvalue weighted by Crippen LogP contribution is 2.15. The number of ether oxygens (including phenoxy) is 2. The van der Waals surface area contributed by atoms with E-state index in [9.17, 15) is 8.78 Å². The van der Waals surface area contributed by atoms with Crippen molar-refractivity contribution in [2.75, 3.05) is 53.0 Å². The van der Waals surface area contributed by atoms with E-state index in [2.05, 4.69) is 20.5 Å². The molecule has 0 bridgehead atoms. The number of halogens is 2. The fourth-order valence-electron chi connectivity index (χ4n) is 3.13. The number of guanidine groups is 1. The number of hydrogen-bond acceptors (Lipinski definition) is 4. The van der Waals surface area contributed by atoms with Crippen molar-refractivity contribution in [2.45, 2.75) is 32.2 Å². The number of piperidine rings is 1. The van der Waals surface area contributed by atoms with E-state index in [-0.39, 0.29) is 0 Å². The average Bonchev–Trinajstić information content (AvgIpc) is 2.69. The predicted octanol–water partition coefficient (Wildman–Crippen LogP) is 2.40. The second kappa shape index (κ2) is 12.5. The Kier molecular flexibility index (Phi) is 9.99. The van der Waals surface area contributed by atoms with Crippen molar-refractivity contribution in [1.29, 1.82) is 0 Å². The lowest BCUT2D eigenvalue weighted by atomic mass is 10.1. The van der Waals surface area contributed by atoms with Crippen LogP contribution < -0.4 is 15.4 Å². The lowest BCUT2D eigenvalue weighted by molar-refractivity contribution is 0.155. The molecule has 1 aliphatic rings. The third-order valence-corrected chi connectivity index (χ3v) is 4.62. The van der Waals surface area contributed by atoms with Gasteiger partial charge in [-0.05, 0) is 38.3 Å². The summed E-state index contributed by atoms with van der Waals surface area (Å²) in [5, 5.41) is 6.72. The van der Waals surface area contributed by atoms with Gasteiger partial charge in [-0.2, -0.15) is 0 Å². The SMILES string of the molecule is CCNC(=NCCOc1ccc(F)c(F)c1)NC1CCN(CCCOC)CC1. The minimum Gasteiger partial charge on any atom is -0.492 e. The van der Waals surface area contributed by atoms with Gasteiger partial charge in [-0.1, -0.05) is 0 Å². The van der Waals surface area contributed by atoms with Crippen molar-refractivity contribution in [3.05, 3.63) is 29.8 Å². The Balaban J connectivity index is 1.72. The first-order valence-electron chi connectivity index (χ1n) is 9.96. The third kappa shape index (κ3) is 7.98. The van der Waals surface area contributed by atoms with Crippen molar-refractivity contribution in [1.82, 2.24) is 15.5 Å². The van der Waals surface area contributed by atoms with Crippen LogP contribution in [-0.2, 0) is 4.74 Å². The quantitative estimate of drug-likeness (QED) is 0.360. The van der Waals surface area contributed by atoms with E-state index in [1.807, 2.05) is 6.92 Å². The first kappa shape index (κ1) is 22.4. The molecule has 0 atom stereocenters. The fourth-order valence-corrected chi connectivity index (χ4v) is 3.13. The molecule has 1 aromatic rings. The molecule has 0 saturated carbocycles. The summed E-state index contributed by atoms with van der Waals surface area (Å²) in [6, 6.07) is 3.90. The van der Waals surface area contributed by atoms with Gasteiger partial charge in [0, 0.05) is 52.0 Å². The van der Waals surface area contributed by atoms with Gasteiger partial charge in [0.15, 0.2) is 17.6 Å². The summed E-state index contributed by atoms with van der Waals surface area (Å²) in [6.45, 7) is 7.53. The van der Waals surface area contributed by atoms with Crippen LogP contribution in [0.3, 0.4) is 0 Å². The van der Waals surface area contributed by atoms with Gasteiger partial charge in [-0.25, -0.2) is 13.8 Å². The van der Waals surface area contributed by atoms with Gasteiger partial charge in [-0.15, -0.1) is 0 Å². The van der Waals surface area contributed by atoms with Crippen molar-refractivity contribution in [3.63, 3.8) is 0 Å². The zero-order valence-corrected chi connectivity index (χ0v) is 16.8. The first-order chi connectivity index (χ1) is 13.6. The summed E-state index contributed by atoms with van der Waals surface area (Å²) in [7, 11) is 1.74. The molecule has 1 aromatic carbocycles. The average molecular weight is 398 g/mol. The maximum absolute atomic E-state index is 13.2. The molecule has 2 rings (SSSR count). The number of nitrogens with zero attached hydrogens (tertiary/aromatic N) is 2. The van der Waals surface area contributed by atoms with Gasteiger partial charge < -0.3 is 25.0 Å². The van der Waals surface area contributed by atoms with Crippen LogP contribution in [0.25, 0.3) is 0 Å². The minimum absolute atomic E-state index is 0.291. The van der Waals surface area contributed by atoms with Crippen LogP contribution in [-0.4, -0.2) is 69.9 Å². The van der Waals surface area contributed by atoms with E-state index >= 15 is 0 Å². The molecule has 1 aliphatic heterocycles. The molecule has 158 valence electrons. The molecular formula is C20H32F2N4O2. The Hall–Kier alpha value is -1.93. The molecule has 0 aliphatic carbocycles. The molecular weight excluding hydrogens is 366 g/mol. The van der Waals surface area contributed by atoms with Crippen molar-refractivity contribution in [3.8, 4) is 5.75 Å². The molecule has 1 saturated heterocycles. The fraction of sp³-hybridized carbons (Fsp3) is 0.650. The monoisotopic (exact) mass is 398 g/mol. The maximum Gasteiger partial charge on any atom is 0.191 e. The number of benzene rings is 1. The summed E-state index contributed by atoms with van der Waals surface area (Å²) in [5.41, 5.74) is 0. The third-order valence-electron chi connectivity index (χ3n) is 4.62. The highest BCUT2D eigenvalue weighted by Gasteiger charge is 2.19. The summed E-state index contributed by atoms with van der Waals surface area (Å²) >= 11 is 0. The van der Waals surface area contributed by atoms with Gasteiger partial charge in [0.05, 0.1) is 6.54 Å². The number of hydrogen-bond donors (Lipinski definition) is 2. The zero-order chi connectivity index (χ0) is 20.2. The van der Waals surface area contributed by atoms with E-state index in [0.29, 0.717) is 24.9 Å². The largest absolute Gasteiger partial charge is 0.492 e. The Labute approximate surface area is 166 Å². The maximum atomic E-state index is 13.2. The lowest BCUT2D eigenvalue weighted by Crippen LogP contribution is -2.49. The molecule has 0 aromatic heterocycles. The minimum atomic E-state index is -0.912. The van der Waals surface area contributed by atoms with Crippen LogP contribution in [0.15, 0.2) is 23.2 Å². The molecule has 0 unspecified atom stereocenters. The first-order valence-corrected chi connectivity index (χ1v) is 9.96. The van der Waals surface area contributed by atoms with Crippen molar-refractivity contribution < 1.29 is 18.3 Å². The van der Waals surface area contributed by atoms with Gasteiger partial charge >= 0.3 is 0 Å². The van der Waals surface area contributed by atoms with Crippen LogP contribution in [0.5, 0.6) is 5.75 Å². The predicted molar refractivity (Wildman–Crippen MR) is 107 cm³/mol. The molecule has 0 radical (unpaired) electrons. The van der Waals surface area contributed by atoms with Crippen molar-refractivity contribution in [2.24, 2.45) is 4.99 Å². The van der Waals surface area contributed by atoms with E-state index in [0.717, 1.165) is 70.1 Å². The molecule has 1 fully saturated rings. The van der Waals surface area contributed by atoms with Gasteiger partial charge in [-0.3, -0.25) is 0 Å². The molecule has 2 N–H and O–H groups in total. The normalized spacial score (nSPS) is 16.2. The number of nitrogens with one attached hydrogen (secondary N) is 2. The molecule has 1 heterocycles. The van der Waals surface area contributed by atoms with Gasteiger partial charge in [0.25, 0.3) is 0 Å².